The molecule has 126 valence electrons. The van der Waals surface area contributed by atoms with Gasteiger partial charge in [-0.05, 0) is 38.4 Å². The summed E-state index contributed by atoms with van der Waals surface area (Å²) in [6, 6.07) is 7.80. The number of rotatable bonds is 4. The van der Waals surface area contributed by atoms with Gasteiger partial charge in [0.25, 0.3) is 5.91 Å². The first kappa shape index (κ1) is 15.2. The Labute approximate surface area is 140 Å². The molecule has 6 nitrogen and oxygen atoms in total. The standard InChI is InChI=1S/C18H21N3O3/c1-12-8-14(24-20-12)11-23-17-6-2-5-15-16(17)10-21(18(15)22)13-4-3-7-19-9-13/h2,5-6,8,13,19H,3-4,7,9-11H2,1H3. The highest BCUT2D eigenvalue weighted by molar-refractivity contribution is 5.99. The van der Waals surface area contributed by atoms with Gasteiger partial charge in [-0.15, -0.1) is 0 Å². The number of nitrogens with one attached hydrogen (secondary N) is 1. The second-order valence-corrected chi connectivity index (χ2v) is 6.44. The summed E-state index contributed by atoms with van der Waals surface area (Å²) in [6.45, 7) is 4.72. The van der Waals surface area contributed by atoms with Gasteiger partial charge in [-0.3, -0.25) is 4.79 Å². The Kier molecular flexibility index (Phi) is 3.98. The average Bonchev–Trinajstić information content (AvgIpc) is 3.18. The fraction of sp³-hybridized carbons (Fsp3) is 0.444. The highest BCUT2D eigenvalue weighted by Gasteiger charge is 2.35. The monoisotopic (exact) mass is 327 g/mol. The molecule has 2 aliphatic heterocycles. The molecule has 1 saturated heterocycles. The van der Waals surface area contributed by atoms with E-state index in [0.29, 0.717) is 18.9 Å². The molecule has 0 radical (unpaired) electrons. The Hall–Kier alpha value is -2.34. The van der Waals surface area contributed by atoms with Crippen LogP contribution in [0.15, 0.2) is 28.8 Å². The molecule has 1 N–H and O–H groups in total. The number of carbonyl (C=O) groups is 1. The maximum Gasteiger partial charge on any atom is 0.254 e. The molecule has 0 spiro atoms. The zero-order valence-electron chi connectivity index (χ0n) is 13.7. The molecule has 1 atom stereocenters. The van der Waals surface area contributed by atoms with Crippen LogP contribution in [0.4, 0.5) is 0 Å². The Bertz CT molecular complexity index is 750. The van der Waals surface area contributed by atoms with Crippen LogP contribution < -0.4 is 10.1 Å². The quantitative estimate of drug-likeness (QED) is 0.933. The topological polar surface area (TPSA) is 67.6 Å². The molecule has 0 aliphatic carbocycles. The van der Waals surface area contributed by atoms with E-state index < -0.39 is 0 Å². The summed E-state index contributed by atoms with van der Waals surface area (Å²) in [4.78, 5) is 14.7. The van der Waals surface area contributed by atoms with Crippen molar-refractivity contribution in [2.24, 2.45) is 0 Å². The van der Waals surface area contributed by atoms with Crippen LogP contribution in [0.1, 0.15) is 40.2 Å². The smallest absolute Gasteiger partial charge is 0.254 e. The predicted molar refractivity (Wildman–Crippen MR) is 87.8 cm³/mol. The van der Waals surface area contributed by atoms with E-state index in [1.54, 1.807) is 0 Å². The Morgan fingerprint density at radius 2 is 2.38 bits per heavy atom. The van der Waals surface area contributed by atoms with Crippen LogP contribution in [0, 0.1) is 6.92 Å². The number of piperidine rings is 1. The van der Waals surface area contributed by atoms with Gasteiger partial charge in [0.1, 0.15) is 12.4 Å². The van der Waals surface area contributed by atoms with Crippen LogP contribution in [-0.2, 0) is 13.2 Å². The molecule has 1 amide bonds. The SMILES string of the molecule is Cc1cc(COc2cccc3c2CN(C2CCCNC2)C3=O)on1. The minimum atomic E-state index is 0.111. The van der Waals surface area contributed by atoms with Gasteiger partial charge in [0.2, 0.25) is 0 Å². The molecule has 0 saturated carbocycles. The zero-order chi connectivity index (χ0) is 16.5. The van der Waals surface area contributed by atoms with Crippen molar-refractivity contribution >= 4 is 5.91 Å². The summed E-state index contributed by atoms with van der Waals surface area (Å²) in [7, 11) is 0. The second-order valence-electron chi connectivity index (χ2n) is 6.44. The zero-order valence-corrected chi connectivity index (χ0v) is 13.7. The summed E-state index contributed by atoms with van der Waals surface area (Å²) in [5.41, 5.74) is 2.56. The maximum absolute atomic E-state index is 12.7. The number of hydrogen-bond acceptors (Lipinski definition) is 5. The lowest BCUT2D eigenvalue weighted by molar-refractivity contribution is 0.0674. The summed E-state index contributed by atoms with van der Waals surface area (Å²) < 4.78 is 11.1. The van der Waals surface area contributed by atoms with E-state index in [-0.39, 0.29) is 11.9 Å². The Balaban J connectivity index is 1.52. The molecule has 3 heterocycles. The lowest BCUT2D eigenvalue weighted by Crippen LogP contribution is -2.46. The van der Waals surface area contributed by atoms with Crippen LogP contribution in [0.3, 0.4) is 0 Å². The summed E-state index contributed by atoms with van der Waals surface area (Å²) >= 11 is 0. The van der Waals surface area contributed by atoms with Crippen molar-refractivity contribution in [1.29, 1.82) is 0 Å². The number of ether oxygens (including phenoxy) is 1. The van der Waals surface area contributed by atoms with Gasteiger partial charge in [-0.2, -0.15) is 0 Å². The molecular formula is C18H21N3O3. The van der Waals surface area contributed by atoms with Crippen LogP contribution in [0.5, 0.6) is 5.75 Å². The minimum absolute atomic E-state index is 0.111. The number of nitrogens with zero attached hydrogens (tertiary/aromatic N) is 2. The number of carbonyl (C=O) groups excluding carboxylic acids is 1. The predicted octanol–water partition coefficient (Wildman–Crippen LogP) is 2.27. The van der Waals surface area contributed by atoms with Crippen LogP contribution in [0.2, 0.25) is 0 Å². The van der Waals surface area contributed by atoms with E-state index in [1.165, 1.54) is 0 Å². The fourth-order valence-electron chi connectivity index (χ4n) is 3.49. The second kappa shape index (κ2) is 6.28. The van der Waals surface area contributed by atoms with Crippen molar-refractivity contribution in [3.63, 3.8) is 0 Å². The molecule has 0 bridgehead atoms. The third-order valence-electron chi connectivity index (χ3n) is 4.71. The van der Waals surface area contributed by atoms with Crippen molar-refractivity contribution in [3.8, 4) is 5.75 Å². The maximum atomic E-state index is 12.7. The summed E-state index contributed by atoms with van der Waals surface area (Å²) in [5, 5.41) is 7.24. The lowest BCUT2D eigenvalue weighted by Gasteiger charge is -2.31. The molecule has 1 fully saturated rings. The lowest BCUT2D eigenvalue weighted by atomic mass is 10.1. The summed E-state index contributed by atoms with van der Waals surface area (Å²) in [5.74, 6) is 1.54. The number of benzene rings is 1. The van der Waals surface area contributed by atoms with Gasteiger partial charge in [0.05, 0.1) is 12.2 Å². The molecule has 1 aromatic carbocycles. The van der Waals surface area contributed by atoms with Crippen molar-refractivity contribution < 1.29 is 14.1 Å². The van der Waals surface area contributed by atoms with Crippen molar-refractivity contribution in [1.82, 2.24) is 15.4 Å². The Morgan fingerprint density at radius 1 is 1.46 bits per heavy atom. The molecular weight excluding hydrogens is 306 g/mol. The number of fused-ring (bicyclic) bond motifs is 1. The van der Waals surface area contributed by atoms with Gasteiger partial charge >= 0.3 is 0 Å². The van der Waals surface area contributed by atoms with Crippen molar-refractivity contribution in [2.45, 2.75) is 39.0 Å². The van der Waals surface area contributed by atoms with Gasteiger partial charge in [0, 0.05) is 29.8 Å². The van der Waals surface area contributed by atoms with E-state index in [1.807, 2.05) is 36.1 Å². The molecule has 1 aromatic heterocycles. The van der Waals surface area contributed by atoms with Crippen molar-refractivity contribution in [3.05, 3.63) is 46.8 Å². The number of aryl methyl sites for hydroxylation is 1. The molecule has 24 heavy (non-hydrogen) atoms. The van der Waals surface area contributed by atoms with Crippen LogP contribution >= 0.6 is 0 Å². The third-order valence-corrected chi connectivity index (χ3v) is 4.71. The largest absolute Gasteiger partial charge is 0.485 e. The van der Waals surface area contributed by atoms with E-state index in [2.05, 4.69) is 10.5 Å². The van der Waals surface area contributed by atoms with Gasteiger partial charge in [0.15, 0.2) is 5.76 Å². The van der Waals surface area contributed by atoms with Gasteiger partial charge in [-0.1, -0.05) is 11.2 Å². The van der Waals surface area contributed by atoms with E-state index in [4.69, 9.17) is 9.26 Å². The fourth-order valence-corrected chi connectivity index (χ4v) is 3.49. The van der Waals surface area contributed by atoms with Crippen molar-refractivity contribution in [2.75, 3.05) is 13.1 Å². The number of aromatic nitrogens is 1. The van der Waals surface area contributed by atoms with Crippen LogP contribution in [-0.4, -0.2) is 35.1 Å². The normalized spacial score (nSPS) is 20.3. The van der Waals surface area contributed by atoms with E-state index >= 15 is 0 Å². The van der Waals surface area contributed by atoms with E-state index in [0.717, 1.165) is 48.5 Å². The average molecular weight is 327 g/mol. The number of amides is 1. The first-order chi connectivity index (χ1) is 11.7. The molecule has 1 unspecified atom stereocenters. The first-order valence-corrected chi connectivity index (χ1v) is 8.41. The van der Waals surface area contributed by atoms with Gasteiger partial charge < -0.3 is 19.5 Å². The Morgan fingerprint density at radius 3 is 3.12 bits per heavy atom. The minimum Gasteiger partial charge on any atom is -0.485 e. The molecule has 6 heteroatoms. The molecule has 4 rings (SSSR count). The van der Waals surface area contributed by atoms with Crippen LogP contribution in [0.25, 0.3) is 0 Å². The summed E-state index contributed by atoms with van der Waals surface area (Å²) in [6.07, 6.45) is 2.17. The van der Waals surface area contributed by atoms with E-state index in [9.17, 15) is 4.79 Å². The highest BCUT2D eigenvalue weighted by atomic mass is 16.5. The third kappa shape index (κ3) is 2.78. The molecule has 2 aliphatic rings. The first-order valence-electron chi connectivity index (χ1n) is 8.41. The highest BCUT2D eigenvalue weighted by Crippen LogP contribution is 2.33. The molecule has 2 aromatic rings. The number of hydrogen-bond donors (Lipinski definition) is 1. The van der Waals surface area contributed by atoms with Gasteiger partial charge in [-0.25, -0.2) is 0 Å².